The highest BCUT2D eigenvalue weighted by Gasteiger charge is 2.24. The van der Waals surface area contributed by atoms with Crippen LogP contribution in [0.5, 0.6) is 17.4 Å². The Labute approximate surface area is 191 Å². The smallest absolute Gasteiger partial charge is 0.303 e. The van der Waals surface area contributed by atoms with Gasteiger partial charge in [0.1, 0.15) is 41.4 Å². The fourth-order valence-corrected chi connectivity index (χ4v) is 3.40. The number of carboxylic acids is 1. The van der Waals surface area contributed by atoms with E-state index in [4.69, 9.17) is 19.3 Å². The Hall–Kier alpha value is -3.68. The molecule has 1 aliphatic carbocycles. The van der Waals surface area contributed by atoms with Gasteiger partial charge in [-0.2, -0.15) is 0 Å². The molecule has 172 valence electrons. The Morgan fingerprint density at radius 1 is 1.18 bits per heavy atom. The topological polar surface area (TPSA) is 90.8 Å². The van der Waals surface area contributed by atoms with Crippen molar-refractivity contribution in [1.82, 2.24) is 9.97 Å². The van der Waals surface area contributed by atoms with Crippen LogP contribution >= 0.6 is 0 Å². The number of nitrogens with zero attached hydrogens (tertiary/aromatic N) is 2. The molecule has 1 N–H and O–H groups in total. The van der Waals surface area contributed by atoms with Gasteiger partial charge in [-0.05, 0) is 61.6 Å². The first-order valence-electron chi connectivity index (χ1n) is 10.8. The first-order valence-corrected chi connectivity index (χ1v) is 10.8. The third-order valence-electron chi connectivity index (χ3n) is 5.46. The van der Waals surface area contributed by atoms with E-state index >= 15 is 0 Å². The lowest BCUT2D eigenvalue weighted by Crippen LogP contribution is -2.25. The molecule has 3 aromatic rings. The number of aryl methyl sites for hydroxylation is 1. The second kappa shape index (κ2) is 10.3. The van der Waals surface area contributed by atoms with Crippen LogP contribution < -0.4 is 14.2 Å². The maximum Gasteiger partial charge on any atom is 0.303 e. The minimum Gasteiger partial charge on any atom is -0.497 e. The quantitative estimate of drug-likeness (QED) is 0.472. The van der Waals surface area contributed by atoms with Gasteiger partial charge in [-0.15, -0.1) is 0 Å². The first-order chi connectivity index (χ1) is 16.0. The van der Waals surface area contributed by atoms with Crippen LogP contribution in [0.3, 0.4) is 0 Å². The molecule has 0 amide bonds. The summed E-state index contributed by atoms with van der Waals surface area (Å²) in [6.07, 6.45) is 4.98. The minimum absolute atomic E-state index is 0.0359. The van der Waals surface area contributed by atoms with Gasteiger partial charge >= 0.3 is 5.97 Å². The number of carbonyl (C=O) groups is 1. The molecule has 1 aromatic heterocycles. The molecule has 0 spiro atoms. The molecule has 2 aromatic carbocycles. The van der Waals surface area contributed by atoms with E-state index in [1.54, 1.807) is 18.2 Å². The number of halogens is 1. The van der Waals surface area contributed by atoms with Crippen molar-refractivity contribution in [2.75, 3.05) is 7.11 Å². The summed E-state index contributed by atoms with van der Waals surface area (Å²) in [5.74, 6) is 0.0964. The lowest BCUT2D eigenvalue weighted by Gasteiger charge is -2.26. The van der Waals surface area contributed by atoms with Crippen LogP contribution in [0.25, 0.3) is 11.3 Å². The number of hydrogen-bond donors (Lipinski definition) is 1. The standard InChI is InChI=1S/C25H25FN2O5/c1-31-19-9-10-22(26)21(13-19)24-25(33-18-5-3-6-18)28-17(14-27-24)15-32-20-7-2-4-16(12-20)8-11-23(29)30/h2,4,7,9-10,12-14,18H,3,5-6,8,11,15H2,1H3,(H,29,30). The lowest BCUT2D eigenvalue weighted by molar-refractivity contribution is -0.136. The molecule has 33 heavy (non-hydrogen) atoms. The van der Waals surface area contributed by atoms with Crippen molar-refractivity contribution < 1.29 is 28.5 Å². The van der Waals surface area contributed by atoms with Crippen molar-refractivity contribution in [2.24, 2.45) is 0 Å². The van der Waals surface area contributed by atoms with Crippen molar-refractivity contribution in [3.8, 4) is 28.6 Å². The second-order valence-corrected chi connectivity index (χ2v) is 7.86. The number of ether oxygens (including phenoxy) is 3. The van der Waals surface area contributed by atoms with Gasteiger partial charge in [0.05, 0.1) is 13.3 Å². The molecule has 0 atom stereocenters. The third-order valence-corrected chi connectivity index (χ3v) is 5.46. The Morgan fingerprint density at radius 3 is 2.76 bits per heavy atom. The average molecular weight is 452 g/mol. The normalized spacial score (nSPS) is 13.3. The Morgan fingerprint density at radius 2 is 2.03 bits per heavy atom. The number of methoxy groups -OCH3 is 1. The lowest BCUT2D eigenvalue weighted by atomic mass is 9.96. The van der Waals surface area contributed by atoms with Crippen molar-refractivity contribution in [3.05, 3.63) is 65.7 Å². The largest absolute Gasteiger partial charge is 0.497 e. The van der Waals surface area contributed by atoms with Gasteiger partial charge in [-0.25, -0.2) is 14.4 Å². The summed E-state index contributed by atoms with van der Waals surface area (Å²) in [7, 11) is 1.52. The van der Waals surface area contributed by atoms with Gasteiger partial charge in [0.25, 0.3) is 0 Å². The van der Waals surface area contributed by atoms with Crippen LogP contribution in [0.4, 0.5) is 4.39 Å². The molecule has 0 bridgehead atoms. The van der Waals surface area contributed by atoms with E-state index < -0.39 is 11.8 Å². The van der Waals surface area contributed by atoms with E-state index in [2.05, 4.69) is 9.97 Å². The van der Waals surface area contributed by atoms with Gasteiger partial charge < -0.3 is 19.3 Å². The summed E-state index contributed by atoms with van der Waals surface area (Å²) in [5.41, 5.74) is 1.98. The summed E-state index contributed by atoms with van der Waals surface area (Å²) in [6, 6.07) is 11.7. The second-order valence-electron chi connectivity index (χ2n) is 7.86. The molecule has 0 unspecified atom stereocenters. The molecule has 8 heteroatoms. The van der Waals surface area contributed by atoms with Crippen LogP contribution in [0.2, 0.25) is 0 Å². The van der Waals surface area contributed by atoms with Gasteiger partial charge in [0, 0.05) is 12.0 Å². The van der Waals surface area contributed by atoms with Crippen molar-refractivity contribution >= 4 is 5.97 Å². The number of aromatic nitrogens is 2. The highest BCUT2D eigenvalue weighted by atomic mass is 19.1. The van der Waals surface area contributed by atoms with Gasteiger partial charge in [-0.3, -0.25) is 4.79 Å². The molecule has 1 fully saturated rings. The van der Waals surface area contributed by atoms with Gasteiger partial charge in [0.2, 0.25) is 5.88 Å². The SMILES string of the molecule is COc1ccc(F)c(-c2ncc(COc3cccc(CCC(=O)O)c3)nc2OC2CCC2)c1. The zero-order valence-electron chi connectivity index (χ0n) is 18.3. The Balaban J connectivity index is 1.54. The fraction of sp³-hybridized carbons (Fsp3) is 0.320. The third kappa shape index (κ3) is 5.77. The van der Waals surface area contributed by atoms with E-state index in [9.17, 15) is 9.18 Å². The predicted molar refractivity (Wildman–Crippen MR) is 119 cm³/mol. The van der Waals surface area contributed by atoms with Crippen LogP contribution in [-0.4, -0.2) is 34.3 Å². The molecule has 0 radical (unpaired) electrons. The average Bonchev–Trinajstić information content (AvgIpc) is 2.79. The molecular formula is C25H25FN2O5. The van der Waals surface area contributed by atoms with Crippen LogP contribution in [0.1, 0.15) is 36.9 Å². The molecule has 7 nitrogen and oxygen atoms in total. The number of hydrogen-bond acceptors (Lipinski definition) is 6. The zero-order valence-corrected chi connectivity index (χ0v) is 18.3. The molecular weight excluding hydrogens is 427 g/mol. The van der Waals surface area contributed by atoms with Crippen molar-refractivity contribution in [1.29, 1.82) is 0 Å². The van der Waals surface area contributed by atoms with Gasteiger partial charge in [-0.1, -0.05) is 12.1 Å². The minimum atomic E-state index is -0.844. The summed E-state index contributed by atoms with van der Waals surface area (Å²) in [5, 5.41) is 8.87. The number of benzene rings is 2. The monoisotopic (exact) mass is 452 g/mol. The van der Waals surface area contributed by atoms with Gasteiger partial charge in [0.15, 0.2) is 0 Å². The number of aliphatic carboxylic acids is 1. The number of carboxylic acid groups (broad SMARTS) is 1. The maximum absolute atomic E-state index is 14.6. The van der Waals surface area contributed by atoms with Crippen molar-refractivity contribution in [3.63, 3.8) is 0 Å². The fourth-order valence-electron chi connectivity index (χ4n) is 3.40. The summed E-state index contributed by atoms with van der Waals surface area (Å²) in [6.45, 7) is 0.136. The Bertz CT molecular complexity index is 1130. The molecule has 0 aliphatic heterocycles. The highest BCUT2D eigenvalue weighted by Crippen LogP contribution is 2.34. The number of rotatable bonds is 10. The van der Waals surface area contributed by atoms with Crippen LogP contribution in [0, 0.1) is 5.82 Å². The van der Waals surface area contributed by atoms with E-state index in [0.717, 1.165) is 24.8 Å². The Kier molecular flexibility index (Phi) is 7.02. The zero-order chi connectivity index (χ0) is 23.2. The maximum atomic E-state index is 14.6. The first kappa shape index (κ1) is 22.5. The summed E-state index contributed by atoms with van der Waals surface area (Å²) >= 11 is 0. The molecule has 1 aliphatic rings. The molecule has 1 heterocycles. The van der Waals surface area contributed by atoms with E-state index in [1.807, 2.05) is 18.2 Å². The van der Waals surface area contributed by atoms with E-state index in [1.165, 1.54) is 19.4 Å². The molecule has 4 rings (SSSR count). The highest BCUT2D eigenvalue weighted by molar-refractivity contribution is 5.67. The van der Waals surface area contributed by atoms with Crippen molar-refractivity contribution in [2.45, 2.75) is 44.8 Å². The molecule has 0 saturated heterocycles. The van der Waals surface area contributed by atoms with Crippen LogP contribution in [0.15, 0.2) is 48.7 Å². The summed E-state index contributed by atoms with van der Waals surface area (Å²) < 4.78 is 31.7. The van der Waals surface area contributed by atoms with E-state index in [0.29, 0.717) is 29.3 Å². The molecule has 1 saturated carbocycles. The van der Waals surface area contributed by atoms with Crippen LogP contribution in [-0.2, 0) is 17.8 Å². The van der Waals surface area contributed by atoms with E-state index in [-0.39, 0.29) is 30.6 Å². The summed E-state index contributed by atoms with van der Waals surface area (Å²) in [4.78, 5) is 19.8. The predicted octanol–water partition coefficient (Wildman–Crippen LogP) is 4.82.